The number of hydrogen-bond donors (Lipinski definition) is 1. The summed E-state index contributed by atoms with van der Waals surface area (Å²) in [5.74, 6) is 1.43. The first-order valence-electron chi connectivity index (χ1n) is 11.3. The summed E-state index contributed by atoms with van der Waals surface area (Å²) in [5.41, 5.74) is 0.208. The van der Waals surface area contributed by atoms with Crippen LogP contribution in [-0.2, 0) is 4.79 Å². The van der Waals surface area contributed by atoms with E-state index in [2.05, 4.69) is 10.3 Å². The van der Waals surface area contributed by atoms with Gasteiger partial charge in [0, 0.05) is 32.5 Å². The molecule has 3 fully saturated rings. The van der Waals surface area contributed by atoms with Crippen molar-refractivity contribution in [3.05, 3.63) is 30.1 Å². The van der Waals surface area contributed by atoms with E-state index in [0.717, 1.165) is 44.7 Å². The number of hydrogen-bond acceptors (Lipinski definition) is 4. The fourth-order valence-electron chi connectivity index (χ4n) is 5.51. The largest absolute Gasteiger partial charge is 0.338 e. The SMILES string of the molecule is CN1CN[C@@](CCC2CCCCC2)(C[C@@H]2CCN(C(=O)c3cccnc3)C2)C1=O. The second kappa shape index (κ2) is 8.82. The quantitative estimate of drug-likeness (QED) is 0.800. The molecule has 1 aromatic heterocycles. The maximum absolute atomic E-state index is 13.1. The van der Waals surface area contributed by atoms with Crippen LogP contribution in [0.25, 0.3) is 0 Å². The molecule has 158 valence electrons. The molecule has 0 spiro atoms. The van der Waals surface area contributed by atoms with Gasteiger partial charge in [0.15, 0.2) is 0 Å². The molecule has 0 aromatic carbocycles. The number of likely N-dealkylation sites (tertiary alicyclic amines) is 1. The molecular formula is C23H34N4O2. The molecular weight excluding hydrogens is 364 g/mol. The zero-order valence-electron chi connectivity index (χ0n) is 17.6. The first kappa shape index (κ1) is 20.3. The lowest BCUT2D eigenvalue weighted by Gasteiger charge is -2.32. The van der Waals surface area contributed by atoms with Gasteiger partial charge in [-0.1, -0.05) is 32.1 Å². The van der Waals surface area contributed by atoms with Crippen LogP contribution in [0.3, 0.4) is 0 Å². The van der Waals surface area contributed by atoms with Gasteiger partial charge in [0.2, 0.25) is 5.91 Å². The molecule has 1 N–H and O–H groups in total. The summed E-state index contributed by atoms with van der Waals surface area (Å²) in [4.78, 5) is 33.7. The van der Waals surface area contributed by atoms with E-state index in [-0.39, 0.29) is 11.8 Å². The van der Waals surface area contributed by atoms with Crippen LogP contribution in [0.4, 0.5) is 0 Å². The van der Waals surface area contributed by atoms with Gasteiger partial charge in [-0.3, -0.25) is 19.9 Å². The van der Waals surface area contributed by atoms with Crippen molar-refractivity contribution < 1.29 is 9.59 Å². The summed E-state index contributed by atoms with van der Waals surface area (Å²) in [7, 11) is 1.89. The molecule has 0 radical (unpaired) electrons. The van der Waals surface area contributed by atoms with E-state index in [1.165, 1.54) is 32.1 Å². The first-order chi connectivity index (χ1) is 14.1. The molecule has 3 heterocycles. The molecule has 1 aromatic rings. The van der Waals surface area contributed by atoms with Gasteiger partial charge in [-0.2, -0.15) is 0 Å². The molecule has 3 aliphatic rings. The van der Waals surface area contributed by atoms with Crippen LogP contribution in [0, 0.1) is 11.8 Å². The Morgan fingerprint density at radius 1 is 1.24 bits per heavy atom. The molecule has 0 bridgehead atoms. The Labute approximate surface area is 174 Å². The molecule has 2 amide bonds. The van der Waals surface area contributed by atoms with Crippen molar-refractivity contribution in [2.75, 3.05) is 26.8 Å². The Bertz CT molecular complexity index is 719. The molecule has 29 heavy (non-hydrogen) atoms. The standard InChI is InChI=1S/C23H34N4O2/c1-26-17-25-23(22(26)29,11-9-18-6-3-2-4-7-18)14-19-10-13-27(16-19)21(28)20-8-5-12-24-15-20/h5,8,12,15,18-19,25H,2-4,6-7,9-11,13-14,16-17H2,1H3/t19-,23-/m0/s1. The Kier molecular flexibility index (Phi) is 6.18. The van der Waals surface area contributed by atoms with Crippen LogP contribution in [0.15, 0.2) is 24.5 Å². The summed E-state index contributed by atoms with van der Waals surface area (Å²) in [6.07, 6.45) is 13.9. The van der Waals surface area contributed by atoms with Crippen molar-refractivity contribution >= 4 is 11.8 Å². The Hall–Kier alpha value is -1.95. The minimum atomic E-state index is -0.440. The zero-order chi connectivity index (χ0) is 20.3. The van der Waals surface area contributed by atoms with Gasteiger partial charge >= 0.3 is 0 Å². The van der Waals surface area contributed by atoms with Crippen molar-refractivity contribution in [2.24, 2.45) is 11.8 Å². The van der Waals surface area contributed by atoms with Crippen LogP contribution in [0.5, 0.6) is 0 Å². The Morgan fingerprint density at radius 3 is 2.76 bits per heavy atom. The topological polar surface area (TPSA) is 65.5 Å². The minimum Gasteiger partial charge on any atom is -0.338 e. The summed E-state index contributed by atoms with van der Waals surface area (Å²) in [6, 6.07) is 3.63. The van der Waals surface area contributed by atoms with Gasteiger partial charge in [-0.05, 0) is 49.7 Å². The first-order valence-corrected chi connectivity index (χ1v) is 11.3. The number of nitrogens with one attached hydrogen (secondary N) is 1. The summed E-state index contributed by atoms with van der Waals surface area (Å²) >= 11 is 0. The van der Waals surface area contributed by atoms with Crippen LogP contribution in [-0.4, -0.2) is 58.9 Å². The van der Waals surface area contributed by atoms with E-state index in [1.807, 2.05) is 22.9 Å². The lowest BCUT2D eigenvalue weighted by molar-refractivity contribution is -0.132. The smallest absolute Gasteiger partial charge is 0.255 e. The van der Waals surface area contributed by atoms with E-state index < -0.39 is 5.54 Å². The predicted molar refractivity (Wildman–Crippen MR) is 112 cm³/mol. The molecule has 4 rings (SSSR count). The van der Waals surface area contributed by atoms with Gasteiger partial charge in [-0.25, -0.2) is 0 Å². The highest BCUT2D eigenvalue weighted by molar-refractivity contribution is 5.94. The van der Waals surface area contributed by atoms with Crippen LogP contribution < -0.4 is 5.32 Å². The number of pyridine rings is 1. The number of amides is 2. The van der Waals surface area contributed by atoms with Gasteiger partial charge in [0.25, 0.3) is 5.91 Å². The van der Waals surface area contributed by atoms with Gasteiger partial charge in [0.1, 0.15) is 0 Å². The van der Waals surface area contributed by atoms with E-state index in [1.54, 1.807) is 18.5 Å². The van der Waals surface area contributed by atoms with Crippen molar-refractivity contribution in [3.63, 3.8) is 0 Å². The zero-order valence-corrected chi connectivity index (χ0v) is 17.6. The summed E-state index contributed by atoms with van der Waals surface area (Å²) in [5, 5.41) is 3.57. The molecule has 2 aliphatic heterocycles. The molecule has 6 nitrogen and oxygen atoms in total. The fourth-order valence-corrected chi connectivity index (χ4v) is 5.51. The molecule has 1 saturated carbocycles. The average molecular weight is 399 g/mol. The maximum atomic E-state index is 13.1. The monoisotopic (exact) mass is 398 g/mol. The van der Waals surface area contributed by atoms with Crippen molar-refractivity contribution in [2.45, 2.75) is 63.3 Å². The maximum Gasteiger partial charge on any atom is 0.255 e. The predicted octanol–water partition coefficient (Wildman–Crippen LogP) is 3.05. The molecule has 6 heteroatoms. The third-order valence-corrected chi connectivity index (χ3v) is 7.23. The van der Waals surface area contributed by atoms with Crippen molar-refractivity contribution in [1.82, 2.24) is 20.1 Å². The molecule has 2 saturated heterocycles. The Balaban J connectivity index is 1.39. The number of nitrogens with zero attached hydrogens (tertiary/aromatic N) is 3. The van der Waals surface area contributed by atoms with Crippen molar-refractivity contribution in [3.8, 4) is 0 Å². The summed E-state index contributed by atoms with van der Waals surface area (Å²) < 4.78 is 0. The van der Waals surface area contributed by atoms with E-state index >= 15 is 0 Å². The van der Waals surface area contributed by atoms with Gasteiger partial charge in [0.05, 0.1) is 17.8 Å². The van der Waals surface area contributed by atoms with Crippen molar-refractivity contribution in [1.29, 1.82) is 0 Å². The fraction of sp³-hybridized carbons (Fsp3) is 0.696. The second-order valence-corrected chi connectivity index (χ2v) is 9.31. The van der Waals surface area contributed by atoms with E-state index in [4.69, 9.17) is 0 Å². The number of carbonyl (C=O) groups excluding carboxylic acids is 2. The lowest BCUT2D eigenvalue weighted by Crippen LogP contribution is -2.48. The number of aromatic nitrogens is 1. The third-order valence-electron chi connectivity index (χ3n) is 7.23. The average Bonchev–Trinajstić information content (AvgIpc) is 3.34. The summed E-state index contributed by atoms with van der Waals surface area (Å²) in [6.45, 7) is 2.13. The highest BCUT2D eigenvalue weighted by Gasteiger charge is 2.47. The molecule has 1 aliphatic carbocycles. The van der Waals surface area contributed by atoms with E-state index in [0.29, 0.717) is 18.2 Å². The molecule has 0 unspecified atom stereocenters. The highest BCUT2D eigenvalue weighted by atomic mass is 16.2. The van der Waals surface area contributed by atoms with E-state index in [9.17, 15) is 9.59 Å². The second-order valence-electron chi connectivity index (χ2n) is 9.31. The molecule has 2 atom stereocenters. The number of carbonyl (C=O) groups is 2. The third kappa shape index (κ3) is 4.47. The van der Waals surface area contributed by atoms with Crippen LogP contribution in [0.1, 0.15) is 68.1 Å². The van der Waals surface area contributed by atoms with Gasteiger partial charge < -0.3 is 9.80 Å². The minimum absolute atomic E-state index is 0.0553. The lowest BCUT2D eigenvalue weighted by atomic mass is 9.78. The normalized spacial score (nSPS) is 28.3. The highest BCUT2D eigenvalue weighted by Crippen LogP contribution is 2.36. The number of likely N-dealkylation sites (N-methyl/N-ethyl adjacent to an activating group) is 1. The number of rotatable bonds is 6. The van der Waals surface area contributed by atoms with Crippen LogP contribution in [0.2, 0.25) is 0 Å². The Morgan fingerprint density at radius 2 is 2.07 bits per heavy atom. The van der Waals surface area contributed by atoms with Gasteiger partial charge in [-0.15, -0.1) is 0 Å². The van der Waals surface area contributed by atoms with Crippen LogP contribution >= 0.6 is 0 Å².